The average molecular weight is 909 g/mol. The maximum absolute atomic E-state index is 14.9. The van der Waals surface area contributed by atoms with Crippen LogP contribution in [0.1, 0.15) is 75.1 Å². The van der Waals surface area contributed by atoms with Gasteiger partial charge >= 0.3 is 0 Å². The molecule has 330 valence electrons. The lowest BCUT2D eigenvalue weighted by Gasteiger charge is -2.45. The van der Waals surface area contributed by atoms with Crippen LogP contribution < -0.4 is 22.1 Å². The fraction of sp³-hybridized carbons (Fsp3) is 0.326. The van der Waals surface area contributed by atoms with Crippen molar-refractivity contribution in [1.82, 2.24) is 14.4 Å². The van der Waals surface area contributed by atoms with Gasteiger partial charge in [0.05, 0.1) is 49.7 Å². The minimum absolute atomic E-state index is 0.00462. The number of hydrogen-bond acceptors (Lipinski definition) is 15. The Kier molecular flexibility index (Phi) is 9.83. The number of ether oxygens (including phenoxy) is 2. The number of fused-ring (bicyclic) bond motifs is 5. The summed E-state index contributed by atoms with van der Waals surface area (Å²) in [4.78, 5) is 44.8. The van der Waals surface area contributed by atoms with Gasteiger partial charge < -0.3 is 36.0 Å². The van der Waals surface area contributed by atoms with Crippen LogP contribution >= 0.6 is 0 Å². The molecule has 6 N–H and O–H groups in total. The second-order valence-corrected chi connectivity index (χ2v) is 22.2. The Hall–Kier alpha value is -6.60. The summed E-state index contributed by atoms with van der Waals surface area (Å²) in [6.45, 7) is 4.15. The maximum Gasteiger partial charge on any atom is 0.275 e. The number of nitrogens with one attached hydrogen (secondary N) is 2. The monoisotopic (exact) mass is 908 g/mol. The van der Waals surface area contributed by atoms with Crippen LogP contribution in [0.25, 0.3) is 5.65 Å². The molecule has 2 aromatic carbocycles. The zero-order valence-corrected chi connectivity index (χ0v) is 36.3. The van der Waals surface area contributed by atoms with E-state index < -0.39 is 69.4 Å². The normalized spacial score (nSPS) is 25.0. The first-order valence-electron chi connectivity index (χ1n) is 19.9. The van der Waals surface area contributed by atoms with Gasteiger partial charge in [-0.3, -0.25) is 19.6 Å². The van der Waals surface area contributed by atoms with Gasteiger partial charge in [0.15, 0.2) is 19.7 Å². The highest BCUT2D eigenvalue weighted by Gasteiger charge is 2.56. The molecule has 0 bridgehead atoms. The number of carbonyl (C=O) groups is 2. The summed E-state index contributed by atoms with van der Waals surface area (Å²) in [6.07, 6.45) is 3.61. The summed E-state index contributed by atoms with van der Waals surface area (Å²) in [6, 6.07) is 15.6. The summed E-state index contributed by atoms with van der Waals surface area (Å²) >= 11 is 0. The van der Waals surface area contributed by atoms with Gasteiger partial charge in [-0.25, -0.2) is 31.2 Å². The number of benzene rings is 2. The second kappa shape index (κ2) is 14.7. The smallest absolute Gasteiger partial charge is 0.275 e. The number of sulfone groups is 2. The van der Waals surface area contributed by atoms with E-state index in [9.17, 15) is 36.1 Å². The number of nitrogens with two attached hydrogens (primary N) is 2. The number of aromatic nitrogens is 3. The first kappa shape index (κ1) is 42.7. The quantitative estimate of drug-likeness (QED) is 0.191. The molecule has 2 amide bonds. The van der Waals surface area contributed by atoms with Crippen molar-refractivity contribution in [3.8, 4) is 6.07 Å². The molecule has 7 heterocycles. The first-order valence-corrected chi connectivity index (χ1v) is 23.2. The fourth-order valence-corrected chi connectivity index (χ4v) is 12.3. The second-order valence-electron chi connectivity index (χ2n) is 17.2. The SMILES string of the molecule is CC1(C)C(N)=N[C@@]2(COCc3c(CC4(C)C(N)=N[C@@]5(COCc6ccc(NC(=O)c7ccc(F)cn7)cc65)CS4(=O)=O)cc(NC(=O)c4cn5cc(C#N)ccc5n4)cc32)CS1(=O)=O. The molecule has 9 rings (SSSR count). The molecule has 18 nitrogen and oxygen atoms in total. The molecule has 4 aliphatic heterocycles. The maximum atomic E-state index is 14.9. The number of rotatable bonds is 6. The fourth-order valence-electron chi connectivity index (χ4n) is 8.69. The number of halogens is 1. The predicted octanol–water partition coefficient (Wildman–Crippen LogP) is 3.05. The third-order valence-corrected chi connectivity index (χ3v) is 17.8. The topological polar surface area (TPSA) is 276 Å². The van der Waals surface area contributed by atoms with Crippen molar-refractivity contribution >= 4 is 60.2 Å². The summed E-state index contributed by atoms with van der Waals surface area (Å²) in [5, 5.41) is 15.0. The molecule has 21 heteroatoms. The van der Waals surface area contributed by atoms with E-state index in [0.717, 1.165) is 12.3 Å². The Morgan fingerprint density at radius 1 is 0.828 bits per heavy atom. The van der Waals surface area contributed by atoms with Crippen molar-refractivity contribution in [1.29, 1.82) is 5.26 Å². The first-order chi connectivity index (χ1) is 30.2. The van der Waals surface area contributed by atoms with Crippen LogP contribution in [0, 0.1) is 17.1 Å². The summed E-state index contributed by atoms with van der Waals surface area (Å²) in [5.74, 6) is -3.28. The van der Waals surface area contributed by atoms with Crippen molar-refractivity contribution in [3.05, 3.63) is 124 Å². The highest BCUT2D eigenvalue weighted by molar-refractivity contribution is 7.94. The molecular weight excluding hydrogens is 868 g/mol. The molecule has 1 unspecified atom stereocenters. The van der Waals surface area contributed by atoms with Crippen molar-refractivity contribution < 1.29 is 40.3 Å². The number of anilines is 2. The standard InChI is InChI=1S/C43H41FN10O8S2/c1-40(2)38(46)52-43(22-63(40,57)58)21-62-19-30-26(10-29(12-32(30)43)50-37(56)34-17-54-16-24(14-45)4-9-35(54)51-34)13-41(3)39(47)53-42(23-64(41,59)60)20-61-18-25-5-7-28(11-31(25)42)49-36(55)33-8-6-27(44)15-48-33/h4-12,15-17H,13,18-23H2,1-3H3,(H2,46,52)(H2,47,53)(H,49,55)(H,50,56)/t41?,42-,43-/m0/s1. The molecule has 4 aliphatic rings. The molecule has 0 saturated heterocycles. The third-order valence-electron chi connectivity index (χ3n) is 12.6. The zero-order chi connectivity index (χ0) is 45.6. The lowest BCUT2D eigenvalue weighted by Crippen LogP contribution is -2.60. The van der Waals surface area contributed by atoms with Crippen LogP contribution in [-0.2, 0) is 59.9 Å². The summed E-state index contributed by atoms with van der Waals surface area (Å²) in [7, 11) is -8.23. The Labute approximate surface area is 366 Å². The Bertz CT molecular complexity index is 3180. The van der Waals surface area contributed by atoms with E-state index >= 15 is 0 Å². The van der Waals surface area contributed by atoms with Gasteiger partial charge in [-0.2, -0.15) is 5.26 Å². The van der Waals surface area contributed by atoms with Gasteiger partial charge in [0.2, 0.25) is 0 Å². The van der Waals surface area contributed by atoms with Gasteiger partial charge in [-0.05, 0) is 104 Å². The number of amidine groups is 2. The number of nitriles is 1. The van der Waals surface area contributed by atoms with Crippen molar-refractivity contribution in [2.75, 3.05) is 35.4 Å². The number of pyridine rings is 2. The molecule has 0 fully saturated rings. The summed E-state index contributed by atoms with van der Waals surface area (Å²) in [5.41, 5.74) is 13.6. The minimum Gasteiger partial charge on any atom is -0.386 e. The number of hydrogen-bond donors (Lipinski definition) is 4. The van der Waals surface area contributed by atoms with Crippen LogP contribution in [0.2, 0.25) is 0 Å². The Morgan fingerprint density at radius 3 is 2.20 bits per heavy atom. The molecule has 0 saturated carbocycles. The highest BCUT2D eigenvalue weighted by atomic mass is 32.2. The van der Waals surface area contributed by atoms with Crippen LogP contribution in [0.3, 0.4) is 0 Å². The Balaban J connectivity index is 1.12. The minimum atomic E-state index is -4.28. The van der Waals surface area contributed by atoms with E-state index in [2.05, 4.69) is 20.6 Å². The molecule has 3 aromatic heterocycles. The van der Waals surface area contributed by atoms with Crippen molar-refractivity contribution in [3.63, 3.8) is 0 Å². The molecule has 0 radical (unpaired) electrons. The molecule has 3 atom stereocenters. The van der Waals surface area contributed by atoms with Crippen LogP contribution in [0.15, 0.2) is 83.2 Å². The zero-order valence-electron chi connectivity index (χ0n) is 34.7. The number of imidazole rings is 1. The average Bonchev–Trinajstić information content (AvgIpc) is 3.67. The lowest BCUT2D eigenvalue weighted by molar-refractivity contribution is 0.0600. The van der Waals surface area contributed by atoms with E-state index in [0.29, 0.717) is 44.7 Å². The van der Waals surface area contributed by atoms with Crippen LogP contribution in [-0.4, -0.2) is 88.9 Å². The number of carbonyl (C=O) groups excluding carboxylic acids is 2. The van der Waals surface area contributed by atoms with E-state index in [1.165, 1.54) is 43.6 Å². The van der Waals surface area contributed by atoms with Gasteiger partial charge in [0, 0.05) is 23.8 Å². The van der Waals surface area contributed by atoms with E-state index in [1.54, 1.807) is 42.5 Å². The molecular formula is C43H41FN10O8S2. The van der Waals surface area contributed by atoms with Gasteiger partial charge in [-0.1, -0.05) is 6.07 Å². The molecule has 0 aliphatic carbocycles. The van der Waals surface area contributed by atoms with Crippen molar-refractivity contribution in [2.24, 2.45) is 21.5 Å². The number of aliphatic imine (C=N–C) groups is 2. The van der Waals surface area contributed by atoms with Crippen molar-refractivity contribution in [2.45, 2.75) is 61.0 Å². The van der Waals surface area contributed by atoms with Gasteiger partial charge in [0.25, 0.3) is 11.8 Å². The van der Waals surface area contributed by atoms with Crippen LogP contribution in [0.4, 0.5) is 15.8 Å². The molecule has 64 heavy (non-hydrogen) atoms. The predicted molar refractivity (Wildman–Crippen MR) is 233 cm³/mol. The number of nitrogens with zero attached hydrogens (tertiary/aromatic N) is 6. The summed E-state index contributed by atoms with van der Waals surface area (Å²) < 4.78 is 81.3. The number of amides is 2. The van der Waals surface area contributed by atoms with E-state index in [4.69, 9.17) is 30.9 Å². The lowest BCUT2D eigenvalue weighted by atomic mass is 9.81. The molecule has 2 spiro atoms. The largest absolute Gasteiger partial charge is 0.386 e. The van der Waals surface area contributed by atoms with Gasteiger partial charge in [0.1, 0.15) is 61.2 Å². The molecule has 5 aromatic rings. The van der Waals surface area contributed by atoms with Crippen LogP contribution in [0.5, 0.6) is 0 Å². The Morgan fingerprint density at radius 2 is 1.50 bits per heavy atom. The van der Waals surface area contributed by atoms with Gasteiger partial charge in [-0.15, -0.1) is 0 Å². The highest BCUT2D eigenvalue weighted by Crippen LogP contribution is 2.47. The van der Waals surface area contributed by atoms with E-state index in [-0.39, 0.29) is 61.6 Å². The van der Waals surface area contributed by atoms with E-state index in [1.807, 2.05) is 6.07 Å². The third kappa shape index (κ3) is 6.88.